The monoisotopic (exact) mass is 403 g/mol. The molecule has 1 unspecified atom stereocenters. The summed E-state index contributed by atoms with van der Waals surface area (Å²) in [5, 5.41) is 0. The van der Waals surface area contributed by atoms with Crippen LogP contribution in [0.5, 0.6) is 11.5 Å². The van der Waals surface area contributed by atoms with Crippen LogP contribution in [0.15, 0.2) is 46.2 Å². The Bertz CT molecular complexity index is 852. The third kappa shape index (κ3) is 4.38. The predicted octanol–water partition coefficient (Wildman–Crippen LogP) is 4.44. The van der Waals surface area contributed by atoms with Crippen molar-refractivity contribution < 1.29 is 18.5 Å². The highest BCUT2D eigenvalue weighted by Gasteiger charge is 2.31. The summed E-state index contributed by atoms with van der Waals surface area (Å²) >= 11 is 0. The van der Waals surface area contributed by atoms with Crippen molar-refractivity contribution in [1.82, 2.24) is 4.90 Å². The smallest absolute Gasteiger partial charge is 0.259 e. The molecule has 5 nitrogen and oxygen atoms in total. The molecule has 1 amide bonds. The van der Waals surface area contributed by atoms with E-state index in [0.717, 1.165) is 5.56 Å². The molecular weight excluding hydrogens is 374 g/mol. The Hall–Kier alpha value is -2.34. The van der Waals surface area contributed by atoms with E-state index in [9.17, 15) is 9.00 Å². The maximum atomic E-state index is 13.5. The second kappa shape index (κ2) is 9.24. The topological polar surface area (TPSA) is 55.8 Å². The molecular formula is C22H29NO4S. The Morgan fingerprint density at radius 3 is 1.96 bits per heavy atom. The molecule has 0 saturated carbocycles. The maximum absolute atomic E-state index is 13.5. The van der Waals surface area contributed by atoms with Crippen LogP contribution in [-0.2, 0) is 10.8 Å². The number of carbonyl (C=O) groups excluding carboxylic acids is 1. The zero-order valence-electron chi connectivity index (χ0n) is 17.6. The van der Waals surface area contributed by atoms with Crippen LogP contribution in [0.3, 0.4) is 0 Å². The van der Waals surface area contributed by atoms with Gasteiger partial charge in [0.25, 0.3) is 5.91 Å². The summed E-state index contributed by atoms with van der Waals surface area (Å²) in [5.74, 6) is 0.510. The molecule has 2 aromatic carbocycles. The molecule has 28 heavy (non-hydrogen) atoms. The van der Waals surface area contributed by atoms with Crippen molar-refractivity contribution in [2.75, 3.05) is 14.2 Å². The summed E-state index contributed by atoms with van der Waals surface area (Å²) in [6, 6.07) is 10.8. The standard InChI is InChI=1S/C22H29NO4S/c1-14(2)23(15(3)4)22(24)20-19(13-12-18(26-6)21(20)27-7)28(25)17-10-8-16(5)9-11-17/h8-15H,1-7H3. The summed E-state index contributed by atoms with van der Waals surface area (Å²) in [6.45, 7) is 9.81. The minimum Gasteiger partial charge on any atom is -0.493 e. The third-order valence-electron chi connectivity index (χ3n) is 4.50. The summed E-state index contributed by atoms with van der Waals surface area (Å²) in [6.07, 6.45) is 0. The number of amides is 1. The highest BCUT2D eigenvalue weighted by atomic mass is 32.2. The van der Waals surface area contributed by atoms with Gasteiger partial charge in [-0.2, -0.15) is 0 Å². The van der Waals surface area contributed by atoms with E-state index >= 15 is 0 Å². The molecule has 0 aliphatic heterocycles. The van der Waals surface area contributed by atoms with Crippen molar-refractivity contribution in [2.24, 2.45) is 0 Å². The minimum absolute atomic E-state index is 0.0240. The SMILES string of the molecule is COc1ccc(S(=O)c2ccc(C)cc2)c(C(=O)N(C(C)C)C(C)C)c1OC. The lowest BCUT2D eigenvalue weighted by Crippen LogP contribution is -2.42. The highest BCUT2D eigenvalue weighted by molar-refractivity contribution is 7.85. The van der Waals surface area contributed by atoms with Gasteiger partial charge in [-0.25, -0.2) is 4.21 Å². The Balaban J connectivity index is 2.71. The second-order valence-electron chi connectivity index (χ2n) is 7.16. The van der Waals surface area contributed by atoms with Crippen LogP contribution in [0.25, 0.3) is 0 Å². The lowest BCUT2D eigenvalue weighted by Gasteiger charge is -2.32. The highest BCUT2D eigenvalue weighted by Crippen LogP contribution is 2.37. The quantitative estimate of drug-likeness (QED) is 0.686. The summed E-state index contributed by atoms with van der Waals surface area (Å²) in [5.41, 5.74) is 1.36. The number of rotatable bonds is 7. The predicted molar refractivity (Wildman–Crippen MR) is 112 cm³/mol. The van der Waals surface area contributed by atoms with E-state index < -0.39 is 10.8 Å². The molecule has 0 radical (unpaired) electrons. The van der Waals surface area contributed by atoms with Crippen molar-refractivity contribution in [3.8, 4) is 11.5 Å². The molecule has 0 spiro atoms. The third-order valence-corrected chi connectivity index (χ3v) is 5.94. The van der Waals surface area contributed by atoms with Gasteiger partial charge in [-0.15, -0.1) is 0 Å². The number of nitrogens with zero attached hydrogens (tertiary/aromatic N) is 1. The fourth-order valence-electron chi connectivity index (χ4n) is 3.25. The number of carbonyl (C=O) groups is 1. The zero-order chi connectivity index (χ0) is 21.0. The van der Waals surface area contributed by atoms with E-state index in [1.54, 1.807) is 17.0 Å². The number of methoxy groups -OCH3 is 2. The average Bonchev–Trinajstić information content (AvgIpc) is 2.66. The molecule has 0 fully saturated rings. The number of ether oxygens (including phenoxy) is 2. The summed E-state index contributed by atoms with van der Waals surface area (Å²) in [7, 11) is 1.47. The maximum Gasteiger partial charge on any atom is 0.259 e. The van der Waals surface area contributed by atoms with Gasteiger partial charge < -0.3 is 14.4 Å². The minimum atomic E-state index is -1.54. The molecule has 0 bridgehead atoms. The second-order valence-corrected chi connectivity index (χ2v) is 8.60. The van der Waals surface area contributed by atoms with E-state index in [1.165, 1.54) is 14.2 Å². The first-order valence-corrected chi connectivity index (χ1v) is 10.4. The first-order valence-electron chi connectivity index (χ1n) is 9.29. The normalized spacial score (nSPS) is 12.2. The number of aryl methyl sites for hydroxylation is 1. The van der Waals surface area contributed by atoms with Gasteiger partial charge in [-0.1, -0.05) is 17.7 Å². The van der Waals surface area contributed by atoms with Crippen LogP contribution >= 0.6 is 0 Å². The Morgan fingerprint density at radius 2 is 1.50 bits per heavy atom. The van der Waals surface area contributed by atoms with E-state index in [2.05, 4.69) is 0 Å². The average molecular weight is 404 g/mol. The van der Waals surface area contributed by atoms with Crippen LogP contribution in [0, 0.1) is 6.92 Å². The van der Waals surface area contributed by atoms with Gasteiger partial charge in [-0.3, -0.25) is 4.79 Å². The van der Waals surface area contributed by atoms with Crippen molar-refractivity contribution in [3.63, 3.8) is 0 Å². The van der Waals surface area contributed by atoms with Crippen LogP contribution in [0.1, 0.15) is 43.6 Å². The largest absolute Gasteiger partial charge is 0.493 e. The molecule has 0 N–H and O–H groups in total. The van der Waals surface area contributed by atoms with E-state index in [-0.39, 0.29) is 23.6 Å². The van der Waals surface area contributed by atoms with Gasteiger partial charge in [0.15, 0.2) is 11.5 Å². The van der Waals surface area contributed by atoms with Crippen LogP contribution in [0.4, 0.5) is 0 Å². The Morgan fingerprint density at radius 1 is 0.929 bits per heavy atom. The molecule has 0 heterocycles. The Labute approximate surface area is 170 Å². The van der Waals surface area contributed by atoms with E-state index in [4.69, 9.17) is 9.47 Å². The molecule has 1 atom stereocenters. The van der Waals surface area contributed by atoms with Crippen molar-refractivity contribution in [2.45, 2.75) is 56.5 Å². The molecule has 0 saturated heterocycles. The molecule has 6 heteroatoms. The lowest BCUT2D eigenvalue weighted by molar-refractivity contribution is 0.0635. The van der Waals surface area contributed by atoms with E-state index in [0.29, 0.717) is 21.3 Å². The zero-order valence-corrected chi connectivity index (χ0v) is 18.4. The van der Waals surface area contributed by atoms with Crippen LogP contribution < -0.4 is 9.47 Å². The van der Waals surface area contributed by atoms with Crippen molar-refractivity contribution in [3.05, 3.63) is 47.5 Å². The fraction of sp³-hybridized carbons (Fsp3) is 0.409. The van der Waals surface area contributed by atoms with Crippen molar-refractivity contribution >= 4 is 16.7 Å². The number of benzene rings is 2. The number of hydrogen-bond acceptors (Lipinski definition) is 4. The molecule has 0 aromatic heterocycles. The molecule has 2 aromatic rings. The van der Waals surface area contributed by atoms with E-state index in [1.807, 2.05) is 58.9 Å². The molecule has 152 valence electrons. The van der Waals surface area contributed by atoms with Crippen molar-refractivity contribution in [1.29, 1.82) is 0 Å². The van der Waals surface area contributed by atoms with Gasteiger partial charge in [0.05, 0.1) is 29.9 Å². The van der Waals surface area contributed by atoms with Gasteiger partial charge in [0, 0.05) is 17.0 Å². The lowest BCUT2D eigenvalue weighted by atomic mass is 10.1. The van der Waals surface area contributed by atoms with Gasteiger partial charge in [0.2, 0.25) is 0 Å². The van der Waals surface area contributed by atoms with Gasteiger partial charge in [-0.05, 0) is 58.9 Å². The van der Waals surface area contributed by atoms with Gasteiger partial charge in [0.1, 0.15) is 5.56 Å². The molecule has 0 aliphatic carbocycles. The Kier molecular flexibility index (Phi) is 7.24. The first-order chi connectivity index (χ1) is 13.2. The summed E-state index contributed by atoms with van der Waals surface area (Å²) in [4.78, 5) is 16.3. The fourth-order valence-corrected chi connectivity index (χ4v) is 4.44. The molecule has 0 aliphatic rings. The summed E-state index contributed by atoms with van der Waals surface area (Å²) < 4.78 is 24.3. The van der Waals surface area contributed by atoms with Crippen LogP contribution in [-0.4, -0.2) is 41.3 Å². The molecule has 2 rings (SSSR count). The number of hydrogen-bond donors (Lipinski definition) is 0. The van der Waals surface area contributed by atoms with Crippen LogP contribution in [0.2, 0.25) is 0 Å². The van der Waals surface area contributed by atoms with Gasteiger partial charge >= 0.3 is 0 Å². The first kappa shape index (κ1) is 22.0.